The zero-order valence-electron chi connectivity index (χ0n) is 16.5. The lowest BCUT2D eigenvalue weighted by atomic mass is 9.67. The first-order valence-corrected chi connectivity index (χ1v) is 9.97. The van der Waals surface area contributed by atoms with Crippen LogP contribution in [0.5, 0.6) is 11.5 Å². The molecule has 3 aliphatic heterocycles. The summed E-state index contributed by atoms with van der Waals surface area (Å²) in [5.41, 5.74) is 2.34. The lowest BCUT2D eigenvalue weighted by Gasteiger charge is -2.52. The molecular formula is C21H26NO6+. The third-order valence-electron chi connectivity index (χ3n) is 6.98. The minimum atomic E-state index is -0.488. The Balaban J connectivity index is 1.65. The standard InChI is InChI=1S/C21H26NO6/c1-11(23)27-18-6-13-4-5-22(3)9-14-7-16-17(26-10-25-16)8-15(14)19(20(13)22)21(18)28-12(2)24/h7-8,13,18-21H,4-6,9-10H2,1-3H3/q+1/t13?,18-,19-,20?,21+,22?/m0/s1. The van der Waals surface area contributed by atoms with E-state index >= 15 is 0 Å². The maximum atomic E-state index is 12.0. The van der Waals surface area contributed by atoms with Crippen molar-refractivity contribution in [3.8, 4) is 11.5 Å². The molecule has 1 saturated carbocycles. The van der Waals surface area contributed by atoms with Gasteiger partial charge in [-0.1, -0.05) is 0 Å². The molecule has 0 N–H and O–H groups in total. The van der Waals surface area contributed by atoms with Crippen LogP contribution in [0.2, 0.25) is 0 Å². The quantitative estimate of drug-likeness (QED) is 0.571. The number of likely N-dealkylation sites (N-methyl/N-ethyl adjacent to an activating group) is 1. The second kappa shape index (κ2) is 6.11. The smallest absolute Gasteiger partial charge is 0.303 e. The van der Waals surface area contributed by atoms with Crippen LogP contribution in [0, 0.1) is 5.92 Å². The molecule has 150 valence electrons. The Morgan fingerprint density at radius 1 is 1.11 bits per heavy atom. The topological polar surface area (TPSA) is 71.1 Å². The monoisotopic (exact) mass is 388 g/mol. The molecule has 1 aliphatic carbocycles. The SMILES string of the molecule is CC(=O)O[C@@H]1[C@@H](OC(C)=O)CC2CC[N+]3(C)Cc4cc5c(cc4[C@H]1C23)OCO5. The van der Waals surface area contributed by atoms with Gasteiger partial charge in [0.1, 0.15) is 18.7 Å². The van der Waals surface area contributed by atoms with E-state index < -0.39 is 12.2 Å². The van der Waals surface area contributed by atoms with Crippen molar-refractivity contribution in [2.45, 2.75) is 57.4 Å². The first-order chi connectivity index (χ1) is 13.4. The highest BCUT2D eigenvalue weighted by Crippen LogP contribution is 2.55. The molecule has 1 aromatic carbocycles. The summed E-state index contributed by atoms with van der Waals surface area (Å²) < 4.78 is 23.6. The summed E-state index contributed by atoms with van der Waals surface area (Å²) in [6, 6.07) is 4.46. The van der Waals surface area contributed by atoms with Gasteiger partial charge in [0.15, 0.2) is 17.6 Å². The van der Waals surface area contributed by atoms with E-state index in [2.05, 4.69) is 13.1 Å². The molecule has 7 heteroatoms. The summed E-state index contributed by atoms with van der Waals surface area (Å²) in [6.07, 6.45) is 0.920. The minimum absolute atomic E-state index is 0.0299. The van der Waals surface area contributed by atoms with Crippen molar-refractivity contribution in [1.82, 2.24) is 0 Å². The van der Waals surface area contributed by atoms with Crippen LogP contribution >= 0.6 is 0 Å². The van der Waals surface area contributed by atoms with Crippen LogP contribution in [0.15, 0.2) is 12.1 Å². The molecule has 3 unspecified atom stereocenters. The van der Waals surface area contributed by atoms with Gasteiger partial charge in [-0.15, -0.1) is 0 Å². The Labute approximate surface area is 164 Å². The van der Waals surface area contributed by atoms with Crippen LogP contribution in [0.25, 0.3) is 0 Å². The molecule has 2 fully saturated rings. The van der Waals surface area contributed by atoms with Gasteiger partial charge < -0.3 is 23.4 Å². The van der Waals surface area contributed by atoms with Gasteiger partial charge >= 0.3 is 11.9 Å². The second-order valence-corrected chi connectivity index (χ2v) is 8.79. The van der Waals surface area contributed by atoms with E-state index in [-0.39, 0.29) is 24.6 Å². The Kier molecular flexibility index (Phi) is 3.88. The number of esters is 2. The van der Waals surface area contributed by atoms with Crippen LogP contribution in [-0.2, 0) is 25.6 Å². The average Bonchev–Trinajstić information content (AvgIpc) is 3.19. The van der Waals surface area contributed by atoms with Crippen molar-refractivity contribution in [3.05, 3.63) is 23.3 Å². The zero-order chi connectivity index (χ0) is 19.6. The molecule has 4 aliphatic rings. The predicted octanol–water partition coefficient (Wildman–Crippen LogP) is 2.11. The van der Waals surface area contributed by atoms with Crippen molar-refractivity contribution in [2.24, 2.45) is 5.92 Å². The molecule has 0 amide bonds. The summed E-state index contributed by atoms with van der Waals surface area (Å²) in [6.45, 7) is 5.06. The van der Waals surface area contributed by atoms with Gasteiger partial charge in [0, 0.05) is 31.7 Å². The van der Waals surface area contributed by atoms with Crippen LogP contribution in [0.3, 0.4) is 0 Å². The van der Waals surface area contributed by atoms with E-state index in [4.69, 9.17) is 18.9 Å². The number of rotatable bonds is 2. The summed E-state index contributed by atoms with van der Waals surface area (Å²) in [7, 11) is 2.29. The predicted molar refractivity (Wildman–Crippen MR) is 97.7 cm³/mol. The highest BCUT2D eigenvalue weighted by atomic mass is 16.7. The number of quaternary nitrogens is 1. The number of carbonyl (C=O) groups is 2. The largest absolute Gasteiger partial charge is 0.459 e. The van der Waals surface area contributed by atoms with Crippen molar-refractivity contribution in [1.29, 1.82) is 0 Å². The number of hydrogen-bond donors (Lipinski definition) is 0. The fourth-order valence-electron chi connectivity index (χ4n) is 6.14. The molecule has 0 bridgehead atoms. The van der Waals surface area contributed by atoms with Crippen molar-refractivity contribution in [3.63, 3.8) is 0 Å². The Bertz CT molecular complexity index is 854. The normalized spacial score (nSPS) is 37.0. The van der Waals surface area contributed by atoms with Gasteiger partial charge in [-0.2, -0.15) is 0 Å². The fraction of sp³-hybridized carbons (Fsp3) is 0.619. The Hall–Kier alpha value is -2.28. The number of carbonyl (C=O) groups excluding carboxylic acids is 2. The van der Waals surface area contributed by atoms with E-state index in [1.54, 1.807) is 0 Å². The highest BCUT2D eigenvalue weighted by molar-refractivity contribution is 5.67. The maximum Gasteiger partial charge on any atom is 0.303 e. The van der Waals surface area contributed by atoms with E-state index in [1.165, 1.54) is 19.4 Å². The van der Waals surface area contributed by atoms with E-state index in [1.807, 2.05) is 6.07 Å². The minimum Gasteiger partial charge on any atom is -0.459 e. The zero-order valence-corrected chi connectivity index (χ0v) is 16.5. The Morgan fingerprint density at radius 3 is 2.54 bits per heavy atom. The van der Waals surface area contributed by atoms with Gasteiger partial charge in [-0.05, 0) is 24.1 Å². The van der Waals surface area contributed by atoms with Crippen molar-refractivity contribution >= 4 is 11.9 Å². The second-order valence-electron chi connectivity index (χ2n) is 8.79. The molecule has 1 aromatic rings. The third-order valence-corrected chi connectivity index (χ3v) is 6.98. The number of fused-ring (bicyclic) bond motifs is 3. The average molecular weight is 388 g/mol. The lowest BCUT2D eigenvalue weighted by molar-refractivity contribution is -0.940. The molecule has 7 nitrogen and oxygen atoms in total. The van der Waals surface area contributed by atoms with Crippen LogP contribution in [0.4, 0.5) is 0 Å². The Morgan fingerprint density at radius 2 is 1.82 bits per heavy atom. The van der Waals surface area contributed by atoms with Crippen LogP contribution in [0.1, 0.15) is 43.7 Å². The van der Waals surface area contributed by atoms with Crippen molar-refractivity contribution < 1.29 is 33.0 Å². The first-order valence-electron chi connectivity index (χ1n) is 9.97. The summed E-state index contributed by atoms with van der Waals surface area (Å²) >= 11 is 0. The number of nitrogens with zero attached hydrogens (tertiary/aromatic N) is 1. The highest BCUT2D eigenvalue weighted by Gasteiger charge is 2.61. The molecular weight excluding hydrogens is 362 g/mol. The fourth-order valence-corrected chi connectivity index (χ4v) is 6.14. The number of benzene rings is 1. The van der Waals surface area contributed by atoms with E-state index in [0.29, 0.717) is 12.0 Å². The summed E-state index contributed by atoms with van der Waals surface area (Å²) in [5.74, 6) is 1.23. The van der Waals surface area contributed by atoms with Crippen LogP contribution in [-0.4, -0.2) is 55.1 Å². The summed E-state index contributed by atoms with van der Waals surface area (Å²) in [4.78, 5) is 23.7. The van der Waals surface area contributed by atoms with Crippen LogP contribution < -0.4 is 9.47 Å². The molecule has 1 saturated heterocycles. The van der Waals surface area contributed by atoms with Gasteiger partial charge in [-0.3, -0.25) is 9.59 Å². The van der Waals surface area contributed by atoms with Gasteiger partial charge in [0.2, 0.25) is 6.79 Å². The lowest BCUT2D eigenvalue weighted by Crippen LogP contribution is -2.62. The number of hydrogen-bond acceptors (Lipinski definition) is 6. The maximum absolute atomic E-state index is 12.0. The molecule has 5 rings (SSSR count). The molecule has 6 atom stereocenters. The molecule has 0 radical (unpaired) electrons. The summed E-state index contributed by atoms with van der Waals surface area (Å²) in [5, 5.41) is 0. The number of ether oxygens (including phenoxy) is 4. The van der Waals surface area contributed by atoms with Gasteiger partial charge in [0.25, 0.3) is 0 Å². The van der Waals surface area contributed by atoms with Gasteiger partial charge in [-0.25, -0.2) is 0 Å². The first kappa shape index (κ1) is 17.8. The van der Waals surface area contributed by atoms with Crippen molar-refractivity contribution in [2.75, 3.05) is 20.4 Å². The van der Waals surface area contributed by atoms with E-state index in [9.17, 15) is 9.59 Å². The molecule has 3 heterocycles. The molecule has 0 aromatic heterocycles. The van der Waals surface area contributed by atoms with Gasteiger partial charge in [0.05, 0.1) is 19.5 Å². The molecule has 0 spiro atoms. The molecule has 28 heavy (non-hydrogen) atoms. The van der Waals surface area contributed by atoms with E-state index in [0.717, 1.165) is 47.5 Å². The third kappa shape index (κ3) is 2.59.